The Balaban J connectivity index is 2.20. The molecule has 3 N–H and O–H groups in total. The molecule has 1 aromatic heterocycles. The maximum absolute atomic E-state index is 11.8. The smallest absolute Gasteiger partial charge is 0.291 e. The average Bonchev–Trinajstić information content (AvgIpc) is 2.83. The summed E-state index contributed by atoms with van der Waals surface area (Å²) in [5.74, 6) is -0.835. The highest BCUT2D eigenvalue weighted by Crippen LogP contribution is 2.25. The van der Waals surface area contributed by atoms with Crippen molar-refractivity contribution in [1.29, 1.82) is 0 Å². The molecule has 1 heterocycles. The fourth-order valence-electron chi connectivity index (χ4n) is 1.36. The molecule has 6 nitrogen and oxygen atoms in total. The summed E-state index contributed by atoms with van der Waals surface area (Å²) in [6.07, 6.45) is 0. The Morgan fingerprint density at radius 3 is 2.40 bits per heavy atom. The molecule has 0 fully saturated rings. The number of nitrogens with two attached hydrogens (primary N) is 1. The lowest BCUT2D eigenvalue weighted by molar-refractivity contribution is 0.0991. The van der Waals surface area contributed by atoms with E-state index in [9.17, 15) is 13.2 Å². The van der Waals surface area contributed by atoms with Gasteiger partial charge < -0.3 is 9.73 Å². The predicted molar refractivity (Wildman–Crippen MR) is 74.5 cm³/mol. The van der Waals surface area contributed by atoms with Crippen molar-refractivity contribution in [3.63, 3.8) is 0 Å². The second kappa shape index (κ2) is 5.45. The zero-order valence-corrected chi connectivity index (χ0v) is 12.1. The molecular formula is C11H8Cl2N2O4S. The van der Waals surface area contributed by atoms with Crippen LogP contribution in [0.25, 0.3) is 0 Å². The van der Waals surface area contributed by atoms with Crippen molar-refractivity contribution in [2.75, 3.05) is 5.32 Å². The van der Waals surface area contributed by atoms with E-state index in [0.717, 1.165) is 6.07 Å². The first-order valence-electron chi connectivity index (χ1n) is 5.16. The number of hydrogen-bond acceptors (Lipinski definition) is 4. The predicted octanol–water partition coefficient (Wildman–Crippen LogP) is 2.49. The highest BCUT2D eigenvalue weighted by Gasteiger charge is 2.17. The monoisotopic (exact) mass is 334 g/mol. The first-order chi connectivity index (χ1) is 9.27. The summed E-state index contributed by atoms with van der Waals surface area (Å²) in [6.45, 7) is 0. The van der Waals surface area contributed by atoms with Crippen LogP contribution in [0, 0.1) is 0 Å². The maximum atomic E-state index is 11.8. The zero-order chi connectivity index (χ0) is 14.9. The largest absolute Gasteiger partial charge is 0.438 e. The van der Waals surface area contributed by atoms with E-state index in [1.807, 2.05) is 0 Å². The molecule has 1 amide bonds. The standard InChI is InChI=1S/C11H8Cl2N2O4S/c12-7-2-1-6(5-8(7)13)15-11(16)9-3-4-10(19-9)20(14,17)18/h1-5H,(H,15,16)(H2,14,17,18). The second-order valence-electron chi connectivity index (χ2n) is 3.75. The van der Waals surface area contributed by atoms with Crippen LogP contribution in [0.15, 0.2) is 39.8 Å². The van der Waals surface area contributed by atoms with Gasteiger partial charge in [-0.3, -0.25) is 4.79 Å². The summed E-state index contributed by atoms with van der Waals surface area (Å²) in [5, 5.41) is 7.48. The van der Waals surface area contributed by atoms with Gasteiger partial charge in [-0.15, -0.1) is 0 Å². The summed E-state index contributed by atoms with van der Waals surface area (Å²) < 4.78 is 26.9. The number of rotatable bonds is 3. The van der Waals surface area contributed by atoms with Gasteiger partial charge in [-0.05, 0) is 30.3 Å². The van der Waals surface area contributed by atoms with Crippen molar-refractivity contribution in [2.45, 2.75) is 5.09 Å². The topological polar surface area (TPSA) is 102 Å². The Hall–Kier alpha value is -1.54. The molecule has 0 bridgehead atoms. The number of primary sulfonamides is 1. The van der Waals surface area contributed by atoms with Crippen LogP contribution < -0.4 is 10.5 Å². The number of anilines is 1. The highest BCUT2D eigenvalue weighted by molar-refractivity contribution is 7.89. The summed E-state index contributed by atoms with van der Waals surface area (Å²) in [6, 6.07) is 6.80. The van der Waals surface area contributed by atoms with E-state index in [4.69, 9.17) is 32.8 Å². The number of sulfonamides is 1. The van der Waals surface area contributed by atoms with Gasteiger partial charge in [-0.2, -0.15) is 0 Å². The van der Waals surface area contributed by atoms with Crippen molar-refractivity contribution in [3.05, 3.63) is 46.1 Å². The van der Waals surface area contributed by atoms with Crippen molar-refractivity contribution in [1.82, 2.24) is 0 Å². The fourth-order valence-corrected chi connectivity index (χ4v) is 2.12. The van der Waals surface area contributed by atoms with E-state index in [1.165, 1.54) is 24.3 Å². The third-order valence-corrected chi connectivity index (χ3v) is 3.78. The third-order valence-electron chi connectivity index (χ3n) is 2.26. The Labute approximate surface area is 124 Å². The van der Waals surface area contributed by atoms with E-state index >= 15 is 0 Å². The summed E-state index contributed by atoms with van der Waals surface area (Å²) >= 11 is 11.5. The van der Waals surface area contributed by atoms with Gasteiger partial charge in [0.05, 0.1) is 10.0 Å². The lowest BCUT2D eigenvalue weighted by Gasteiger charge is -2.04. The average molecular weight is 335 g/mol. The minimum absolute atomic E-state index is 0.194. The van der Waals surface area contributed by atoms with Gasteiger partial charge in [-0.1, -0.05) is 23.2 Å². The lowest BCUT2D eigenvalue weighted by atomic mass is 10.3. The molecular weight excluding hydrogens is 327 g/mol. The molecule has 0 spiro atoms. The van der Waals surface area contributed by atoms with Crippen LogP contribution in [0.5, 0.6) is 0 Å². The van der Waals surface area contributed by atoms with Crippen molar-refractivity contribution in [2.24, 2.45) is 5.14 Å². The van der Waals surface area contributed by atoms with Crippen LogP contribution in [0.1, 0.15) is 10.6 Å². The summed E-state index contributed by atoms with van der Waals surface area (Å²) in [7, 11) is -3.99. The highest BCUT2D eigenvalue weighted by atomic mass is 35.5. The molecule has 0 aliphatic heterocycles. The minimum Gasteiger partial charge on any atom is -0.438 e. The van der Waals surface area contributed by atoms with Crippen LogP contribution in [-0.4, -0.2) is 14.3 Å². The number of furan rings is 1. The molecule has 0 radical (unpaired) electrons. The molecule has 0 saturated heterocycles. The van der Waals surface area contributed by atoms with Gasteiger partial charge in [0, 0.05) is 5.69 Å². The number of nitrogens with one attached hydrogen (secondary N) is 1. The summed E-state index contributed by atoms with van der Waals surface area (Å²) in [4.78, 5) is 11.8. The van der Waals surface area contributed by atoms with Crippen molar-refractivity contribution in [3.8, 4) is 0 Å². The molecule has 20 heavy (non-hydrogen) atoms. The number of hydrogen-bond donors (Lipinski definition) is 2. The van der Waals surface area contributed by atoms with E-state index in [1.54, 1.807) is 0 Å². The molecule has 0 saturated carbocycles. The van der Waals surface area contributed by atoms with Crippen molar-refractivity contribution < 1.29 is 17.6 Å². The van der Waals surface area contributed by atoms with Crippen LogP contribution in [0.3, 0.4) is 0 Å². The van der Waals surface area contributed by atoms with Gasteiger partial charge in [-0.25, -0.2) is 13.6 Å². The van der Waals surface area contributed by atoms with Gasteiger partial charge in [0.1, 0.15) is 0 Å². The number of carbonyl (C=O) groups is 1. The third kappa shape index (κ3) is 3.31. The number of amides is 1. The second-order valence-corrected chi connectivity index (χ2v) is 6.05. The Kier molecular flexibility index (Phi) is 4.05. The van der Waals surface area contributed by atoms with E-state index in [2.05, 4.69) is 5.32 Å². The van der Waals surface area contributed by atoms with Gasteiger partial charge in [0.25, 0.3) is 15.9 Å². The molecule has 0 aliphatic rings. The molecule has 106 valence electrons. The normalized spacial score (nSPS) is 11.3. The molecule has 0 aliphatic carbocycles. The number of halogens is 2. The quantitative estimate of drug-likeness (QED) is 0.899. The SMILES string of the molecule is NS(=O)(=O)c1ccc(C(=O)Nc2ccc(Cl)c(Cl)c2)o1. The van der Waals surface area contributed by atoms with Crippen LogP contribution in [-0.2, 0) is 10.0 Å². The molecule has 2 rings (SSSR count). The van der Waals surface area contributed by atoms with E-state index in [0.29, 0.717) is 10.7 Å². The Morgan fingerprint density at radius 1 is 1.15 bits per heavy atom. The molecule has 0 atom stereocenters. The minimum atomic E-state index is -3.99. The van der Waals surface area contributed by atoms with Crippen LogP contribution in [0.4, 0.5) is 5.69 Å². The molecule has 1 aromatic carbocycles. The van der Waals surface area contributed by atoms with E-state index in [-0.39, 0.29) is 10.8 Å². The summed E-state index contributed by atoms with van der Waals surface area (Å²) in [5.41, 5.74) is 0.387. The first-order valence-corrected chi connectivity index (χ1v) is 7.46. The van der Waals surface area contributed by atoms with E-state index < -0.39 is 21.0 Å². The van der Waals surface area contributed by atoms with Gasteiger partial charge >= 0.3 is 0 Å². The number of benzene rings is 1. The molecule has 9 heteroatoms. The fraction of sp³-hybridized carbons (Fsp3) is 0. The lowest BCUT2D eigenvalue weighted by Crippen LogP contribution is -2.12. The zero-order valence-electron chi connectivity index (χ0n) is 9.76. The van der Waals surface area contributed by atoms with Crippen LogP contribution >= 0.6 is 23.2 Å². The van der Waals surface area contributed by atoms with Crippen molar-refractivity contribution >= 4 is 44.8 Å². The molecule has 0 unspecified atom stereocenters. The van der Waals surface area contributed by atoms with Gasteiger partial charge in [0.15, 0.2) is 5.76 Å². The Bertz CT molecular complexity index is 770. The molecule has 2 aromatic rings. The maximum Gasteiger partial charge on any atom is 0.291 e. The first kappa shape index (κ1) is 14.9. The Morgan fingerprint density at radius 2 is 1.85 bits per heavy atom. The van der Waals surface area contributed by atoms with Gasteiger partial charge in [0.2, 0.25) is 5.09 Å². The van der Waals surface area contributed by atoms with Crippen LogP contribution in [0.2, 0.25) is 10.0 Å². The number of carbonyl (C=O) groups excluding carboxylic acids is 1.